The Hall–Kier alpha value is -1.24. The monoisotopic (exact) mass is 162 g/mol. The van der Waals surface area contributed by atoms with E-state index in [0.29, 0.717) is 6.61 Å². The lowest BCUT2D eigenvalue weighted by molar-refractivity contribution is 0.297. The van der Waals surface area contributed by atoms with Crippen LogP contribution >= 0.6 is 0 Å². The number of rotatable bonds is 3. The standard InChI is InChI=1S/C11H14O/c1-3-11(12-4-2)10-8-6-5-7-9-10/h3,5-9H,4H2,1-2H3/b11-3+. The first kappa shape index (κ1) is 8.85. The molecule has 0 N–H and O–H groups in total. The minimum Gasteiger partial charge on any atom is -0.494 e. The predicted molar refractivity (Wildman–Crippen MR) is 51.7 cm³/mol. The topological polar surface area (TPSA) is 9.23 Å². The number of benzene rings is 1. The summed E-state index contributed by atoms with van der Waals surface area (Å²) in [6.45, 7) is 4.69. The van der Waals surface area contributed by atoms with E-state index in [-0.39, 0.29) is 0 Å². The van der Waals surface area contributed by atoms with Gasteiger partial charge in [0.05, 0.1) is 6.61 Å². The van der Waals surface area contributed by atoms with E-state index in [1.807, 2.05) is 50.3 Å². The fourth-order valence-corrected chi connectivity index (χ4v) is 1.09. The Bertz CT molecular complexity index is 249. The van der Waals surface area contributed by atoms with E-state index in [2.05, 4.69) is 0 Å². The van der Waals surface area contributed by atoms with Crippen LogP contribution in [0, 0.1) is 0 Å². The minimum absolute atomic E-state index is 0.717. The molecule has 64 valence electrons. The van der Waals surface area contributed by atoms with Crippen LogP contribution in [0.1, 0.15) is 19.4 Å². The molecule has 1 aromatic carbocycles. The molecule has 0 radical (unpaired) electrons. The maximum absolute atomic E-state index is 5.44. The highest BCUT2D eigenvalue weighted by atomic mass is 16.5. The van der Waals surface area contributed by atoms with Gasteiger partial charge in [-0.25, -0.2) is 0 Å². The quantitative estimate of drug-likeness (QED) is 0.620. The van der Waals surface area contributed by atoms with Crippen LogP contribution in [0.5, 0.6) is 0 Å². The Kier molecular flexibility index (Phi) is 3.39. The van der Waals surface area contributed by atoms with Gasteiger partial charge in [0.1, 0.15) is 5.76 Å². The Morgan fingerprint density at radius 2 is 2.00 bits per heavy atom. The average Bonchev–Trinajstić information content (AvgIpc) is 2.15. The number of hydrogen-bond acceptors (Lipinski definition) is 1. The van der Waals surface area contributed by atoms with Gasteiger partial charge in [-0.05, 0) is 19.9 Å². The first-order valence-electron chi connectivity index (χ1n) is 4.23. The molecule has 0 saturated heterocycles. The molecule has 0 aromatic heterocycles. The van der Waals surface area contributed by atoms with Crippen LogP contribution in [0.4, 0.5) is 0 Å². The summed E-state index contributed by atoms with van der Waals surface area (Å²) in [5, 5.41) is 0. The summed E-state index contributed by atoms with van der Waals surface area (Å²) in [6.07, 6.45) is 1.98. The molecule has 0 bridgehead atoms. The van der Waals surface area contributed by atoms with Crippen LogP contribution in [0.15, 0.2) is 36.4 Å². The number of allylic oxidation sites excluding steroid dienone is 1. The van der Waals surface area contributed by atoms with E-state index in [0.717, 1.165) is 11.3 Å². The van der Waals surface area contributed by atoms with Crippen molar-refractivity contribution in [1.29, 1.82) is 0 Å². The molecule has 0 saturated carbocycles. The van der Waals surface area contributed by atoms with Crippen molar-refractivity contribution in [2.75, 3.05) is 6.61 Å². The molecular weight excluding hydrogens is 148 g/mol. The highest BCUT2D eigenvalue weighted by molar-refractivity contribution is 5.59. The predicted octanol–water partition coefficient (Wildman–Crippen LogP) is 3.08. The van der Waals surface area contributed by atoms with Crippen LogP contribution in [-0.4, -0.2) is 6.61 Å². The fourth-order valence-electron chi connectivity index (χ4n) is 1.09. The Morgan fingerprint density at radius 1 is 1.33 bits per heavy atom. The summed E-state index contributed by atoms with van der Waals surface area (Å²) < 4.78 is 5.44. The third-order valence-corrected chi connectivity index (χ3v) is 1.62. The molecule has 0 heterocycles. The minimum atomic E-state index is 0.717. The maximum atomic E-state index is 5.44. The van der Waals surface area contributed by atoms with Crippen molar-refractivity contribution < 1.29 is 4.74 Å². The van der Waals surface area contributed by atoms with Crippen molar-refractivity contribution in [2.45, 2.75) is 13.8 Å². The highest BCUT2D eigenvalue weighted by Crippen LogP contribution is 2.14. The lowest BCUT2D eigenvalue weighted by Gasteiger charge is -2.07. The molecule has 0 fully saturated rings. The molecule has 1 aromatic rings. The Morgan fingerprint density at radius 3 is 2.50 bits per heavy atom. The fraction of sp³-hybridized carbons (Fsp3) is 0.273. The molecule has 0 spiro atoms. The second-order valence-corrected chi connectivity index (χ2v) is 2.45. The summed E-state index contributed by atoms with van der Waals surface area (Å²) in [6, 6.07) is 10.1. The molecule has 0 unspecified atom stereocenters. The molecule has 0 aliphatic rings. The summed E-state index contributed by atoms with van der Waals surface area (Å²) in [4.78, 5) is 0. The molecule has 1 heteroatoms. The van der Waals surface area contributed by atoms with Crippen LogP contribution in [0.2, 0.25) is 0 Å². The molecule has 0 aliphatic heterocycles. The smallest absolute Gasteiger partial charge is 0.122 e. The van der Waals surface area contributed by atoms with Gasteiger partial charge < -0.3 is 4.74 Å². The van der Waals surface area contributed by atoms with Crippen molar-refractivity contribution in [3.05, 3.63) is 42.0 Å². The Balaban J connectivity index is 2.82. The first-order valence-corrected chi connectivity index (χ1v) is 4.23. The summed E-state index contributed by atoms with van der Waals surface area (Å²) in [5.41, 5.74) is 1.14. The third-order valence-electron chi connectivity index (χ3n) is 1.62. The second-order valence-electron chi connectivity index (χ2n) is 2.45. The van der Waals surface area contributed by atoms with Crippen molar-refractivity contribution in [3.63, 3.8) is 0 Å². The molecule has 1 nitrogen and oxygen atoms in total. The first-order chi connectivity index (χ1) is 5.88. The van der Waals surface area contributed by atoms with Gasteiger partial charge in [0.15, 0.2) is 0 Å². The summed E-state index contributed by atoms with van der Waals surface area (Å²) in [5.74, 6) is 0.957. The van der Waals surface area contributed by atoms with Gasteiger partial charge in [-0.3, -0.25) is 0 Å². The number of hydrogen-bond donors (Lipinski definition) is 0. The van der Waals surface area contributed by atoms with Gasteiger partial charge in [-0.2, -0.15) is 0 Å². The maximum Gasteiger partial charge on any atom is 0.122 e. The normalized spacial score (nSPS) is 11.3. The van der Waals surface area contributed by atoms with E-state index < -0.39 is 0 Å². The Labute approximate surface area is 73.7 Å². The van der Waals surface area contributed by atoms with Crippen molar-refractivity contribution in [2.24, 2.45) is 0 Å². The SMILES string of the molecule is C/C=C(/OCC)c1ccccc1. The summed E-state index contributed by atoms with van der Waals surface area (Å²) >= 11 is 0. The number of ether oxygens (including phenoxy) is 1. The lowest BCUT2D eigenvalue weighted by atomic mass is 10.2. The molecule has 0 atom stereocenters. The highest BCUT2D eigenvalue weighted by Gasteiger charge is 1.97. The van der Waals surface area contributed by atoms with Crippen LogP contribution in [0.25, 0.3) is 5.76 Å². The van der Waals surface area contributed by atoms with Gasteiger partial charge in [-0.1, -0.05) is 30.3 Å². The van der Waals surface area contributed by atoms with Crippen LogP contribution in [0.3, 0.4) is 0 Å². The van der Waals surface area contributed by atoms with Gasteiger partial charge >= 0.3 is 0 Å². The van der Waals surface area contributed by atoms with E-state index in [1.54, 1.807) is 0 Å². The lowest BCUT2D eigenvalue weighted by Crippen LogP contribution is -1.90. The largest absolute Gasteiger partial charge is 0.494 e. The van der Waals surface area contributed by atoms with E-state index in [9.17, 15) is 0 Å². The zero-order valence-corrected chi connectivity index (χ0v) is 7.58. The molecule has 1 rings (SSSR count). The summed E-state index contributed by atoms with van der Waals surface area (Å²) in [7, 11) is 0. The van der Waals surface area contributed by atoms with Crippen molar-refractivity contribution in [3.8, 4) is 0 Å². The average molecular weight is 162 g/mol. The molecule has 12 heavy (non-hydrogen) atoms. The molecular formula is C11H14O. The zero-order valence-electron chi connectivity index (χ0n) is 7.58. The molecule has 0 aliphatic carbocycles. The van der Waals surface area contributed by atoms with Crippen LogP contribution in [-0.2, 0) is 4.74 Å². The van der Waals surface area contributed by atoms with Crippen LogP contribution < -0.4 is 0 Å². The van der Waals surface area contributed by atoms with E-state index in [4.69, 9.17) is 4.74 Å². The van der Waals surface area contributed by atoms with Gasteiger partial charge in [0.25, 0.3) is 0 Å². The van der Waals surface area contributed by atoms with Crippen molar-refractivity contribution in [1.82, 2.24) is 0 Å². The van der Waals surface area contributed by atoms with Gasteiger partial charge in [-0.15, -0.1) is 0 Å². The third kappa shape index (κ3) is 2.12. The van der Waals surface area contributed by atoms with E-state index >= 15 is 0 Å². The zero-order chi connectivity index (χ0) is 8.81. The van der Waals surface area contributed by atoms with Gasteiger partial charge in [0.2, 0.25) is 0 Å². The van der Waals surface area contributed by atoms with E-state index in [1.165, 1.54) is 0 Å². The van der Waals surface area contributed by atoms with Gasteiger partial charge in [0, 0.05) is 5.56 Å². The van der Waals surface area contributed by atoms with Crippen molar-refractivity contribution >= 4 is 5.76 Å². The molecule has 0 amide bonds. The second kappa shape index (κ2) is 4.60.